The molecule has 0 saturated carbocycles. The Bertz CT molecular complexity index is 5870. The van der Waals surface area contributed by atoms with Crippen molar-refractivity contribution in [1.82, 2.24) is 18.3 Å². The van der Waals surface area contributed by atoms with Crippen LogP contribution in [0.5, 0.6) is 0 Å². The molecule has 0 radical (unpaired) electrons. The van der Waals surface area contributed by atoms with Gasteiger partial charge >= 0.3 is 0 Å². The van der Waals surface area contributed by atoms with Crippen LogP contribution in [0.15, 0.2) is 364 Å². The van der Waals surface area contributed by atoms with Crippen molar-refractivity contribution in [3.05, 3.63) is 364 Å². The molecule has 0 saturated heterocycles. The predicted molar refractivity (Wildman–Crippen MR) is 397 cm³/mol. The molecular weight excluding hydrogens is 1140 g/mol. The second-order valence-corrected chi connectivity index (χ2v) is 24.4. The average molecular weight is 1200 g/mol. The van der Waals surface area contributed by atoms with Crippen molar-refractivity contribution in [1.29, 1.82) is 0 Å². The number of hydrogen-bond donors (Lipinski definition) is 0. The summed E-state index contributed by atoms with van der Waals surface area (Å²) in [7, 11) is 0. The molecule has 0 N–H and O–H groups in total. The molecule has 0 aliphatic heterocycles. The van der Waals surface area contributed by atoms with E-state index in [2.05, 4.69) is 382 Å². The van der Waals surface area contributed by atoms with Crippen LogP contribution in [0.2, 0.25) is 0 Å². The fourth-order valence-electron chi connectivity index (χ4n) is 14.6. The summed E-state index contributed by atoms with van der Waals surface area (Å²) in [6.45, 7) is 0. The molecule has 0 unspecified atom stereocenters. The fourth-order valence-corrected chi connectivity index (χ4v) is 14.6. The van der Waals surface area contributed by atoms with Gasteiger partial charge in [-0.05, 0) is 177 Å². The molecule has 15 aromatic carbocycles. The molecule has 4 heterocycles. The number of benzene rings is 15. The monoisotopic (exact) mass is 1200 g/mol. The number of para-hydroxylation sites is 5. The zero-order valence-corrected chi connectivity index (χ0v) is 51.4. The Kier molecular flexibility index (Phi) is 13.2. The van der Waals surface area contributed by atoms with E-state index in [1.165, 1.54) is 154 Å². The molecule has 4 heteroatoms. The smallest absolute Gasteiger partial charge is 0.0541 e. The molecule has 0 atom stereocenters. The molecule has 4 aromatic heterocycles. The minimum Gasteiger partial charge on any atom is -0.309 e. The highest BCUT2D eigenvalue weighted by molar-refractivity contribution is 6.15. The van der Waals surface area contributed by atoms with E-state index in [9.17, 15) is 0 Å². The van der Waals surface area contributed by atoms with Crippen LogP contribution in [-0.4, -0.2) is 18.3 Å². The minimum atomic E-state index is 1.16. The standard InChI is InChI=1S/C48H32N2.C42H28N2/c1-3-13-33(14-4-1)35-17-11-19-39(29-35)49-45-23-9-7-21-41(45)43-31-37(25-27-47(43)49)38-26-28-48-44(32-38)42-22-8-10-24-46(42)50(48)40-20-12-18-36(30-40)34-15-5-2-6-16-34;1-3-11-29(12-4-1)30-19-23-34(24-20-30)44-40-18-10-8-16-36(40)38-28-32(22-26-42(38)44)31-21-25-41-37(27-31)35-15-7-9-17-39(35)43(41)33-13-5-2-6-14-33/h1-32H;1-28H. The summed E-state index contributed by atoms with van der Waals surface area (Å²) >= 11 is 0. The van der Waals surface area contributed by atoms with E-state index in [0.717, 1.165) is 11.4 Å². The first-order valence-corrected chi connectivity index (χ1v) is 32.3. The second kappa shape index (κ2) is 22.8. The molecule has 0 fully saturated rings. The zero-order valence-electron chi connectivity index (χ0n) is 51.4. The van der Waals surface area contributed by atoms with Crippen molar-refractivity contribution < 1.29 is 0 Å². The molecule has 0 bridgehead atoms. The maximum Gasteiger partial charge on any atom is 0.0541 e. The summed E-state index contributed by atoms with van der Waals surface area (Å²) in [4.78, 5) is 0. The van der Waals surface area contributed by atoms with Gasteiger partial charge in [0.25, 0.3) is 0 Å². The highest BCUT2D eigenvalue weighted by Gasteiger charge is 2.20. The van der Waals surface area contributed by atoms with E-state index >= 15 is 0 Å². The SMILES string of the molecule is c1ccc(-c2ccc(-n3c4ccccc4c4cc(-c5ccc6c(c5)c5ccccc5n6-c5ccccc5)ccc43)cc2)cc1.c1ccc(-c2cccc(-n3c4ccccc4c4cc(-c5ccc6c(c5)c5ccccc5n6-c5cccc(-c6ccccc6)c5)ccc43)c2)cc1. The van der Waals surface area contributed by atoms with Crippen molar-refractivity contribution in [2.45, 2.75) is 0 Å². The number of nitrogens with zero attached hydrogens (tertiary/aromatic N) is 4. The topological polar surface area (TPSA) is 19.7 Å². The van der Waals surface area contributed by atoms with Gasteiger partial charge in [-0.2, -0.15) is 0 Å². The molecule has 440 valence electrons. The number of fused-ring (bicyclic) bond motifs is 12. The first-order chi connectivity index (χ1) is 46.6. The minimum absolute atomic E-state index is 1.16. The Labute approximate surface area is 544 Å². The summed E-state index contributed by atoms with van der Waals surface area (Å²) in [6, 6.07) is 132. The van der Waals surface area contributed by atoms with Crippen LogP contribution in [0.25, 0.3) is 166 Å². The normalized spacial score (nSPS) is 11.6. The largest absolute Gasteiger partial charge is 0.309 e. The lowest BCUT2D eigenvalue weighted by molar-refractivity contribution is 1.18. The molecule has 0 aliphatic carbocycles. The lowest BCUT2D eigenvalue weighted by Gasteiger charge is -2.11. The van der Waals surface area contributed by atoms with Gasteiger partial charge in [0.2, 0.25) is 0 Å². The lowest BCUT2D eigenvalue weighted by atomic mass is 10.0. The van der Waals surface area contributed by atoms with Crippen molar-refractivity contribution in [3.8, 4) is 78.4 Å². The Morgan fingerprint density at radius 1 is 0.117 bits per heavy atom. The zero-order chi connectivity index (χ0) is 62.1. The van der Waals surface area contributed by atoms with Gasteiger partial charge in [0.05, 0.1) is 44.1 Å². The Morgan fingerprint density at radius 2 is 0.330 bits per heavy atom. The molecular formula is C90H60N4. The van der Waals surface area contributed by atoms with Crippen LogP contribution < -0.4 is 0 Å². The van der Waals surface area contributed by atoms with E-state index in [0.29, 0.717) is 0 Å². The maximum absolute atomic E-state index is 2.40. The van der Waals surface area contributed by atoms with Crippen molar-refractivity contribution >= 4 is 87.2 Å². The first-order valence-electron chi connectivity index (χ1n) is 32.3. The van der Waals surface area contributed by atoms with Gasteiger partial charge in [-0.3, -0.25) is 0 Å². The molecule has 19 aromatic rings. The number of rotatable bonds is 9. The summed E-state index contributed by atoms with van der Waals surface area (Å²) in [5.74, 6) is 0. The second-order valence-electron chi connectivity index (χ2n) is 24.4. The molecule has 19 rings (SSSR count). The van der Waals surface area contributed by atoms with Gasteiger partial charge in [0.1, 0.15) is 0 Å². The van der Waals surface area contributed by atoms with E-state index in [4.69, 9.17) is 0 Å². The molecule has 0 amide bonds. The highest BCUT2D eigenvalue weighted by Crippen LogP contribution is 2.42. The molecule has 4 nitrogen and oxygen atoms in total. The summed E-state index contributed by atoms with van der Waals surface area (Å²) in [6.07, 6.45) is 0. The third-order valence-electron chi connectivity index (χ3n) is 19.0. The van der Waals surface area contributed by atoms with Crippen LogP contribution in [0, 0.1) is 0 Å². The van der Waals surface area contributed by atoms with Crippen LogP contribution in [0.3, 0.4) is 0 Å². The first kappa shape index (κ1) is 54.4. The molecule has 94 heavy (non-hydrogen) atoms. The van der Waals surface area contributed by atoms with E-state index in [1.54, 1.807) is 0 Å². The van der Waals surface area contributed by atoms with Gasteiger partial charge in [-0.15, -0.1) is 0 Å². The summed E-state index contributed by atoms with van der Waals surface area (Å²) in [5.41, 5.74) is 26.6. The maximum atomic E-state index is 2.40. The van der Waals surface area contributed by atoms with E-state index < -0.39 is 0 Å². The third-order valence-corrected chi connectivity index (χ3v) is 19.0. The van der Waals surface area contributed by atoms with Gasteiger partial charge in [-0.1, -0.05) is 243 Å². The highest BCUT2D eigenvalue weighted by atomic mass is 15.0. The number of aromatic nitrogens is 4. The Hall–Kier alpha value is -12.5. The van der Waals surface area contributed by atoms with E-state index in [-0.39, 0.29) is 0 Å². The summed E-state index contributed by atoms with van der Waals surface area (Å²) in [5, 5.41) is 10.1. The quantitative estimate of drug-likeness (QED) is 0.137. The van der Waals surface area contributed by atoms with Crippen molar-refractivity contribution in [2.75, 3.05) is 0 Å². The lowest BCUT2D eigenvalue weighted by Crippen LogP contribution is -1.94. The Balaban J connectivity index is 0.000000139. The summed E-state index contributed by atoms with van der Waals surface area (Å²) < 4.78 is 9.57. The van der Waals surface area contributed by atoms with Crippen LogP contribution >= 0.6 is 0 Å². The number of hydrogen-bond acceptors (Lipinski definition) is 0. The van der Waals surface area contributed by atoms with E-state index in [1.807, 2.05) is 0 Å². The fraction of sp³-hybridized carbons (Fsp3) is 0. The van der Waals surface area contributed by atoms with Gasteiger partial charge in [0.15, 0.2) is 0 Å². The van der Waals surface area contributed by atoms with Crippen LogP contribution in [-0.2, 0) is 0 Å². The predicted octanol–water partition coefficient (Wildman–Crippen LogP) is 24.1. The van der Waals surface area contributed by atoms with Crippen molar-refractivity contribution in [2.24, 2.45) is 0 Å². The van der Waals surface area contributed by atoms with Gasteiger partial charge in [-0.25, -0.2) is 0 Å². The van der Waals surface area contributed by atoms with Gasteiger partial charge < -0.3 is 18.3 Å². The van der Waals surface area contributed by atoms with Crippen molar-refractivity contribution in [3.63, 3.8) is 0 Å². The molecule has 0 aliphatic rings. The average Bonchev–Trinajstić information content (AvgIpc) is 1.61. The van der Waals surface area contributed by atoms with Gasteiger partial charge in [0, 0.05) is 65.8 Å². The molecule has 0 spiro atoms. The Morgan fingerprint density at radius 3 is 0.670 bits per heavy atom. The third kappa shape index (κ3) is 9.30. The van der Waals surface area contributed by atoms with Crippen LogP contribution in [0.4, 0.5) is 0 Å². The van der Waals surface area contributed by atoms with Crippen LogP contribution in [0.1, 0.15) is 0 Å².